The summed E-state index contributed by atoms with van der Waals surface area (Å²) in [5, 5.41) is 3.54. The second kappa shape index (κ2) is 11.7. The molecule has 2 saturated heterocycles. The molecular weight excluding hydrogens is 439 g/mol. The molecule has 1 unspecified atom stereocenters. The van der Waals surface area contributed by atoms with Gasteiger partial charge in [-0.3, -0.25) is 9.89 Å². The average molecular weight is 478 g/mol. The molecule has 0 radical (unpaired) electrons. The molecule has 0 amide bonds. The summed E-state index contributed by atoms with van der Waals surface area (Å²) in [6.45, 7) is 12.7. The fourth-order valence-electron chi connectivity index (χ4n) is 4.64. The number of guanidine groups is 1. The smallest absolute Gasteiger partial charge is 0.193 e. The highest BCUT2D eigenvalue weighted by atomic mass is 127. The van der Waals surface area contributed by atoms with E-state index in [1.807, 2.05) is 0 Å². The van der Waals surface area contributed by atoms with Crippen LogP contribution in [-0.2, 0) is 4.74 Å². The van der Waals surface area contributed by atoms with Crippen LogP contribution in [0.5, 0.6) is 0 Å². The van der Waals surface area contributed by atoms with Crippen LogP contribution in [0.1, 0.15) is 52.4 Å². The predicted molar refractivity (Wildman–Crippen MR) is 120 cm³/mol. The summed E-state index contributed by atoms with van der Waals surface area (Å²) in [7, 11) is 0. The van der Waals surface area contributed by atoms with Crippen molar-refractivity contribution < 1.29 is 4.74 Å². The lowest BCUT2D eigenvalue weighted by Crippen LogP contribution is -2.46. The van der Waals surface area contributed by atoms with Crippen molar-refractivity contribution in [3.63, 3.8) is 0 Å². The van der Waals surface area contributed by atoms with Gasteiger partial charge in [0.05, 0.1) is 13.2 Å². The Labute approximate surface area is 177 Å². The van der Waals surface area contributed by atoms with Crippen LogP contribution in [0.25, 0.3) is 0 Å². The first-order valence-electron chi connectivity index (χ1n) is 10.6. The van der Waals surface area contributed by atoms with Crippen molar-refractivity contribution in [2.24, 2.45) is 16.8 Å². The van der Waals surface area contributed by atoms with E-state index in [4.69, 9.17) is 9.73 Å². The highest BCUT2D eigenvalue weighted by molar-refractivity contribution is 14.0. The van der Waals surface area contributed by atoms with Crippen molar-refractivity contribution >= 4 is 29.9 Å². The van der Waals surface area contributed by atoms with Crippen molar-refractivity contribution in [3.05, 3.63) is 0 Å². The van der Waals surface area contributed by atoms with Crippen LogP contribution < -0.4 is 5.32 Å². The van der Waals surface area contributed by atoms with E-state index in [0.29, 0.717) is 6.04 Å². The van der Waals surface area contributed by atoms with Crippen molar-refractivity contribution in [2.75, 3.05) is 52.5 Å². The minimum Gasteiger partial charge on any atom is -0.379 e. The maximum absolute atomic E-state index is 5.50. The minimum absolute atomic E-state index is 0. The van der Waals surface area contributed by atoms with Gasteiger partial charge in [0.25, 0.3) is 0 Å². The van der Waals surface area contributed by atoms with E-state index < -0.39 is 0 Å². The van der Waals surface area contributed by atoms with Crippen molar-refractivity contribution in [1.82, 2.24) is 15.1 Å². The summed E-state index contributed by atoms with van der Waals surface area (Å²) in [5.41, 5.74) is 0. The van der Waals surface area contributed by atoms with Crippen molar-refractivity contribution in [2.45, 2.75) is 58.4 Å². The Bertz CT molecular complexity index is 420. The second-order valence-corrected chi connectivity index (χ2v) is 8.03. The maximum atomic E-state index is 5.50. The molecule has 0 bridgehead atoms. The van der Waals surface area contributed by atoms with Gasteiger partial charge in [-0.05, 0) is 38.0 Å². The summed E-state index contributed by atoms with van der Waals surface area (Å²) < 4.78 is 5.50. The zero-order valence-corrected chi connectivity index (χ0v) is 19.1. The number of nitrogens with one attached hydrogen (secondary N) is 1. The zero-order chi connectivity index (χ0) is 17.5. The van der Waals surface area contributed by atoms with Crippen LogP contribution in [-0.4, -0.2) is 74.3 Å². The van der Waals surface area contributed by atoms with Gasteiger partial charge in [0.1, 0.15) is 0 Å². The lowest BCUT2D eigenvalue weighted by atomic mass is 9.81. The van der Waals surface area contributed by atoms with Crippen LogP contribution >= 0.6 is 24.0 Å². The fourth-order valence-corrected chi connectivity index (χ4v) is 4.64. The first-order valence-corrected chi connectivity index (χ1v) is 10.6. The van der Waals surface area contributed by atoms with E-state index in [1.165, 1.54) is 38.5 Å². The van der Waals surface area contributed by atoms with Gasteiger partial charge in [0, 0.05) is 45.3 Å². The number of aliphatic imine (C=N–C) groups is 1. The first kappa shape index (κ1) is 22.2. The van der Waals surface area contributed by atoms with E-state index in [-0.39, 0.29) is 24.0 Å². The number of hydrogen-bond donors (Lipinski definition) is 1. The van der Waals surface area contributed by atoms with Crippen molar-refractivity contribution in [3.8, 4) is 0 Å². The number of morpholine rings is 1. The van der Waals surface area contributed by atoms with E-state index >= 15 is 0 Å². The van der Waals surface area contributed by atoms with E-state index in [1.54, 1.807) is 0 Å². The molecule has 2 aliphatic heterocycles. The summed E-state index contributed by atoms with van der Waals surface area (Å²) in [6, 6.07) is 0.674. The molecule has 0 aromatic carbocycles. The van der Waals surface area contributed by atoms with Crippen molar-refractivity contribution in [1.29, 1.82) is 0 Å². The lowest BCUT2D eigenvalue weighted by molar-refractivity contribution is 0.0195. The highest BCUT2D eigenvalue weighted by Crippen LogP contribution is 2.30. The molecule has 1 saturated carbocycles. The van der Waals surface area contributed by atoms with Gasteiger partial charge in [0.2, 0.25) is 0 Å². The second-order valence-electron chi connectivity index (χ2n) is 8.03. The topological polar surface area (TPSA) is 40.1 Å². The van der Waals surface area contributed by atoms with Gasteiger partial charge in [-0.15, -0.1) is 24.0 Å². The third-order valence-corrected chi connectivity index (χ3v) is 6.40. The number of nitrogens with zero attached hydrogens (tertiary/aromatic N) is 3. The molecule has 3 aliphatic rings. The number of likely N-dealkylation sites (tertiary alicyclic amines) is 1. The lowest BCUT2D eigenvalue weighted by Gasteiger charge is -2.32. The number of ether oxygens (including phenoxy) is 1. The molecule has 3 rings (SSSR count). The monoisotopic (exact) mass is 478 g/mol. The standard InChI is InChI=1S/C20H38N4O.HI/c1-3-17-5-7-18(8-6-17)15-22-20(21-4-2)24-10-9-19(16-24)23-11-13-25-14-12-23;/h17-19H,3-16H2,1-2H3,(H,21,22);1H. The molecule has 1 aliphatic carbocycles. The van der Waals surface area contributed by atoms with Gasteiger partial charge in [0.15, 0.2) is 5.96 Å². The Hall–Kier alpha value is -0.0800. The normalized spacial score (nSPS) is 30.9. The van der Waals surface area contributed by atoms with E-state index in [2.05, 4.69) is 29.0 Å². The number of halogens is 1. The molecule has 2 heterocycles. The SMILES string of the molecule is CCNC(=NCC1CCC(CC)CC1)N1CCC(N2CCOCC2)C1.I. The molecule has 0 aromatic rings. The van der Waals surface area contributed by atoms with Gasteiger partial charge in [-0.25, -0.2) is 0 Å². The Morgan fingerprint density at radius 3 is 2.35 bits per heavy atom. The summed E-state index contributed by atoms with van der Waals surface area (Å²) in [6.07, 6.45) is 8.18. The van der Waals surface area contributed by atoms with Gasteiger partial charge in [-0.2, -0.15) is 0 Å². The van der Waals surface area contributed by atoms with Gasteiger partial charge in [-0.1, -0.05) is 26.2 Å². The van der Waals surface area contributed by atoms with Crippen LogP contribution in [0, 0.1) is 11.8 Å². The molecule has 5 nitrogen and oxygen atoms in total. The summed E-state index contributed by atoms with van der Waals surface area (Å²) in [4.78, 5) is 10.1. The minimum atomic E-state index is 0. The molecule has 1 N–H and O–H groups in total. The zero-order valence-electron chi connectivity index (χ0n) is 16.8. The molecule has 0 aromatic heterocycles. The Balaban J connectivity index is 0.00000243. The highest BCUT2D eigenvalue weighted by Gasteiger charge is 2.30. The first-order chi connectivity index (χ1) is 12.3. The Morgan fingerprint density at radius 1 is 1.00 bits per heavy atom. The third kappa shape index (κ3) is 6.23. The average Bonchev–Trinajstić information content (AvgIpc) is 3.16. The molecular formula is C20H39IN4O. The van der Waals surface area contributed by atoms with Crippen LogP contribution in [0.15, 0.2) is 4.99 Å². The maximum Gasteiger partial charge on any atom is 0.193 e. The summed E-state index contributed by atoms with van der Waals surface area (Å²) >= 11 is 0. The predicted octanol–water partition coefficient (Wildman–Crippen LogP) is 3.19. The van der Waals surface area contributed by atoms with E-state index in [0.717, 1.165) is 70.3 Å². The largest absolute Gasteiger partial charge is 0.379 e. The Kier molecular flexibility index (Phi) is 9.99. The number of rotatable bonds is 5. The Morgan fingerprint density at radius 2 is 1.69 bits per heavy atom. The van der Waals surface area contributed by atoms with E-state index in [9.17, 15) is 0 Å². The number of hydrogen-bond acceptors (Lipinski definition) is 3. The molecule has 26 heavy (non-hydrogen) atoms. The molecule has 152 valence electrons. The summed E-state index contributed by atoms with van der Waals surface area (Å²) in [5.74, 6) is 2.92. The third-order valence-electron chi connectivity index (χ3n) is 6.40. The molecule has 0 spiro atoms. The van der Waals surface area contributed by atoms with Crippen LogP contribution in [0.4, 0.5) is 0 Å². The quantitative estimate of drug-likeness (QED) is 0.375. The van der Waals surface area contributed by atoms with Gasteiger partial charge < -0.3 is 15.0 Å². The molecule has 6 heteroatoms. The fraction of sp³-hybridized carbons (Fsp3) is 0.950. The van der Waals surface area contributed by atoms with Crippen LogP contribution in [0.2, 0.25) is 0 Å². The molecule has 3 fully saturated rings. The van der Waals surface area contributed by atoms with Crippen LogP contribution in [0.3, 0.4) is 0 Å². The van der Waals surface area contributed by atoms with Gasteiger partial charge >= 0.3 is 0 Å². The molecule has 1 atom stereocenters.